The van der Waals surface area contributed by atoms with Crippen molar-refractivity contribution >= 4 is 0 Å². The van der Waals surface area contributed by atoms with Crippen molar-refractivity contribution in [2.45, 2.75) is 45.1 Å². The van der Waals surface area contributed by atoms with E-state index in [0.717, 1.165) is 5.75 Å². The molecule has 88 valence electrons. The fourth-order valence-corrected chi connectivity index (χ4v) is 2.42. The first kappa shape index (κ1) is 11.5. The fraction of sp³-hybridized carbons (Fsp3) is 0.571. The first-order valence-electron chi connectivity index (χ1n) is 6.09. The van der Waals surface area contributed by atoms with Crippen LogP contribution in [0.15, 0.2) is 18.2 Å². The van der Waals surface area contributed by atoms with Crippen LogP contribution in [0.5, 0.6) is 5.75 Å². The molecule has 0 aromatic heterocycles. The van der Waals surface area contributed by atoms with Crippen LogP contribution < -0.4 is 10.5 Å². The van der Waals surface area contributed by atoms with E-state index < -0.39 is 0 Å². The lowest BCUT2D eigenvalue weighted by Crippen LogP contribution is -2.32. The van der Waals surface area contributed by atoms with Crippen molar-refractivity contribution in [1.29, 1.82) is 0 Å². The molecule has 0 spiro atoms. The minimum absolute atomic E-state index is 0.177. The van der Waals surface area contributed by atoms with Gasteiger partial charge in [0.15, 0.2) is 0 Å². The van der Waals surface area contributed by atoms with E-state index in [1.54, 1.807) is 0 Å². The third-order valence-corrected chi connectivity index (χ3v) is 3.63. The number of rotatable bonds is 4. The van der Waals surface area contributed by atoms with Gasteiger partial charge in [0.1, 0.15) is 5.75 Å². The molecule has 1 fully saturated rings. The van der Waals surface area contributed by atoms with Crippen molar-refractivity contribution in [3.05, 3.63) is 29.3 Å². The lowest BCUT2D eigenvalue weighted by Gasteiger charge is -2.23. The van der Waals surface area contributed by atoms with E-state index in [2.05, 4.69) is 32.0 Å². The second kappa shape index (κ2) is 4.10. The molecule has 2 N–H and O–H groups in total. The van der Waals surface area contributed by atoms with E-state index in [0.29, 0.717) is 6.61 Å². The first-order chi connectivity index (χ1) is 7.60. The molecule has 0 heterocycles. The Morgan fingerprint density at radius 3 is 2.62 bits per heavy atom. The molecule has 1 unspecified atom stereocenters. The molecule has 16 heavy (non-hydrogen) atoms. The van der Waals surface area contributed by atoms with Gasteiger partial charge < -0.3 is 10.5 Å². The van der Waals surface area contributed by atoms with Gasteiger partial charge in [-0.15, -0.1) is 0 Å². The van der Waals surface area contributed by atoms with Crippen LogP contribution >= 0.6 is 0 Å². The topological polar surface area (TPSA) is 35.2 Å². The zero-order chi connectivity index (χ0) is 11.8. The Hall–Kier alpha value is -1.02. The highest BCUT2D eigenvalue weighted by Gasteiger charge is 2.49. The lowest BCUT2D eigenvalue weighted by atomic mass is 9.88. The van der Waals surface area contributed by atoms with Gasteiger partial charge in [0, 0.05) is 17.0 Å². The van der Waals surface area contributed by atoms with Gasteiger partial charge in [-0.1, -0.05) is 17.7 Å². The van der Waals surface area contributed by atoms with Gasteiger partial charge in [0.05, 0.1) is 6.61 Å². The molecule has 2 nitrogen and oxygen atoms in total. The van der Waals surface area contributed by atoms with Gasteiger partial charge in [-0.05, 0) is 39.7 Å². The van der Waals surface area contributed by atoms with Crippen molar-refractivity contribution in [2.24, 2.45) is 5.73 Å². The molecule has 0 amide bonds. The maximum absolute atomic E-state index is 6.12. The van der Waals surface area contributed by atoms with Crippen molar-refractivity contribution in [1.82, 2.24) is 0 Å². The van der Waals surface area contributed by atoms with E-state index in [9.17, 15) is 0 Å². The van der Waals surface area contributed by atoms with Crippen LogP contribution in [0.25, 0.3) is 0 Å². The Bertz CT molecular complexity index is 380. The van der Waals surface area contributed by atoms with Crippen LogP contribution in [-0.2, 0) is 5.41 Å². The summed E-state index contributed by atoms with van der Waals surface area (Å²) in [7, 11) is 0. The monoisotopic (exact) mass is 219 g/mol. The molecular formula is C14H21NO. The van der Waals surface area contributed by atoms with Gasteiger partial charge in [-0.25, -0.2) is 0 Å². The molecular weight excluding hydrogens is 198 g/mol. The number of benzene rings is 1. The summed E-state index contributed by atoms with van der Waals surface area (Å²) < 4.78 is 5.71. The van der Waals surface area contributed by atoms with Gasteiger partial charge in [0.2, 0.25) is 0 Å². The standard InChI is InChI=1S/C14H21NO/c1-4-16-13-6-5-10(2)9-12(13)14(7-8-14)11(3)15/h5-6,9,11H,4,7-8,15H2,1-3H3. The second-order valence-electron chi connectivity index (χ2n) is 4.88. The minimum Gasteiger partial charge on any atom is -0.494 e. The largest absolute Gasteiger partial charge is 0.494 e. The van der Waals surface area contributed by atoms with Crippen LogP contribution in [0.3, 0.4) is 0 Å². The Morgan fingerprint density at radius 2 is 2.12 bits per heavy atom. The van der Waals surface area contributed by atoms with Gasteiger partial charge in [0.25, 0.3) is 0 Å². The third-order valence-electron chi connectivity index (χ3n) is 3.63. The predicted molar refractivity (Wildman–Crippen MR) is 66.9 cm³/mol. The van der Waals surface area contributed by atoms with Crippen LogP contribution in [0, 0.1) is 6.92 Å². The zero-order valence-corrected chi connectivity index (χ0v) is 10.4. The van der Waals surface area contributed by atoms with Crippen molar-refractivity contribution in [3.63, 3.8) is 0 Å². The molecule has 1 aromatic rings. The molecule has 0 bridgehead atoms. The van der Waals surface area contributed by atoms with E-state index in [1.165, 1.54) is 24.0 Å². The smallest absolute Gasteiger partial charge is 0.123 e. The molecule has 1 aromatic carbocycles. The summed E-state index contributed by atoms with van der Waals surface area (Å²) in [6, 6.07) is 6.62. The molecule has 1 aliphatic carbocycles. The highest BCUT2D eigenvalue weighted by molar-refractivity contribution is 5.46. The molecule has 1 atom stereocenters. The van der Waals surface area contributed by atoms with E-state index in [1.807, 2.05) is 6.92 Å². The molecule has 2 heteroatoms. The molecule has 2 rings (SSSR count). The Kier molecular flexibility index (Phi) is 2.94. The maximum Gasteiger partial charge on any atom is 0.123 e. The highest BCUT2D eigenvalue weighted by atomic mass is 16.5. The average molecular weight is 219 g/mol. The Morgan fingerprint density at radius 1 is 1.44 bits per heavy atom. The van der Waals surface area contributed by atoms with E-state index in [4.69, 9.17) is 10.5 Å². The summed E-state index contributed by atoms with van der Waals surface area (Å²) in [5.41, 5.74) is 8.89. The molecule has 0 radical (unpaired) electrons. The summed E-state index contributed by atoms with van der Waals surface area (Å²) in [5.74, 6) is 1.02. The van der Waals surface area contributed by atoms with Crippen molar-refractivity contribution < 1.29 is 4.74 Å². The average Bonchev–Trinajstić information content (AvgIpc) is 3.02. The van der Waals surface area contributed by atoms with Crippen molar-refractivity contribution in [3.8, 4) is 5.75 Å². The highest BCUT2D eigenvalue weighted by Crippen LogP contribution is 2.53. The normalized spacial score (nSPS) is 19.2. The number of hydrogen-bond acceptors (Lipinski definition) is 2. The lowest BCUT2D eigenvalue weighted by molar-refractivity contribution is 0.330. The maximum atomic E-state index is 6.12. The van der Waals surface area contributed by atoms with Gasteiger partial charge in [-0.3, -0.25) is 0 Å². The number of nitrogens with two attached hydrogens (primary N) is 1. The molecule has 0 aliphatic heterocycles. The molecule has 1 aliphatic rings. The summed E-state index contributed by atoms with van der Waals surface area (Å²) in [5, 5.41) is 0. The summed E-state index contributed by atoms with van der Waals surface area (Å²) in [6.07, 6.45) is 2.38. The number of ether oxygens (including phenoxy) is 1. The summed E-state index contributed by atoms with van der Waals surface area (Å²) in [4.78, 5) is 0. The van der Waals surface area contributed by atoms with E-state index in [-0.39, 0.29) is 11.5 Å². The number of hydrogen-bond donors (Lipinski definition) is 1. The van der Waals surface area contributed by atoms with E-state index >= 15 is 0 Å². The summed E-state index contributed by atoms with van der Waals surface area (Å²) >= 11 is 0. The SMILES string of the molecule is CCOc1ccc(C)cc1C1(C(C)N)CC1. The third kappa shape index (κ3) is 1.82. The predicted octanol–water partition coefficient (Wildman–Crippen LogP) is 2.77. The Labute approximate surface area is 97.8 Å². The van der Waals surface area contributed by atoms with Gasteiger partial charge >= 0.3 is 0 Å². The number of aryl methyl sites for hydroxylation is 1. The Balaban J connectivity index is 2.42. The quantitative estimate of drug-likeness (QED) is 0.845. The van der Waals surface area contributed by atoms with Gasteiger partial charge in [-0.2, -0.15) is 0 Å². The fourth-order valence-electron chi connectivity index (χ4n) is 2.42. The molecule has 0 saturated heterocycles. The van der Waals surface area contributed by atoms with Crippen LogP contribution in [0.4, 0.5) is 0 Å². The molecule has 1 saturated carbocycles. The summed E-state index contributed by atoms with van der Waals surface area (Å²) in [6.45, 7) is 6.96. The second-order valence-corrected chi connectivity index (χ2v) is 4.88. The van der Waals surface area contributed by atoms with Crippen molar-refractivity contribution in [2.75, 3.05) is 6.61 Å². The van der Waals surface area contributed by atoms with Crippen LogP contribution in [0.1, 0.15) is 37.8 Å². The van der Waals surface area contributed by atoms with Crippen LogP contribution in [0.2, 0.25) is 0 Å². The zero-order valence-electron chi connectivity index (χ0n) is 10.4. The first-order valence-corrected chi connectivity index (χ1v) is 6.09. The van der Waals surface area contributed by atoms with Crippen LogP contribution in [-0.4, -0.2) is 12.6 Å². The minimum atomic E-state index is 0.177.